The number of hydrogen-bond acceptors (Lipinski definition) is 10. The van der Waals surface area contributed by atoms with E-state index in [0.717, 1.165) is 19.3 Å². The van der Waals surface area contributed by atoms with Crippen molar-refractivity contribution >= 4 is 0 Å². The maximum absolute atomic E-state index is 8.51. The van der Waals surface area contributed by atoms with Crippen molar-refractivity contribution in [3.63, 3.8) is 0 Å². The summed E-state index contributed by atoms with van der Waals surface area (Å²) in [5, 5.41) is 36.5. The molecule has 10 heteroatoms. The first-order chi connectivity index (χ1) is 12.2. The molecule has 0 heterocycles. The van der Waals surface area contributed by atoms with Gasteiger partial charge in [0.25, 0.3) is 0 Å². The molecule has 0 aliphatic rings. The summed E-state index contributed by atoms with van der Waals surface area (Å²) in [6.07, 6.45) is 2.88. The summed E-state index contributed by atoms with van der Waals surface area (Å²) in [4.78, 5) is 20.1. The number of nitrogens with zero attached hydrogens (tertiary/aromatic N) is 2. The van der Waals surface area contributed by atoms with E-state index in [1.165, 1.54) is 10.5 Å². The molecular weight excluding hydrogens is 336 g/mol. The molecule has 0 radical (unpaired) electrons. The zero-order valence-electron chi connectivity index (χ0n) is 15.5. The highest BCUT2D eigenvalue weighted by atomic mass is 17.0. The Hall–Kier alpha value is -0.400. The molecule has 0 aliphatic carbocycles. The van der Waals surface area contributed by atoms with Crippen molar-refractivity contribution in [2.24, 2.45) is 0 Å². The topological polar surface area (TPSA) is 124 Å². The van der Waals surface area contributed by atoms with Gasteiger partial charge in [0.1, 0.15) is 0 Å². The number of aliphatic hydroxyl groups excluding tert-OH is 4. The summed E-state index contributed by atoms with van der Waals surface area (Å²) < 4.78 is 0. The van der Waals surface area contributed by atoms with Crippen molar-refractivity contribution in [3.8, 4) is 0 Å². The summed E-state index contributed by atoms with van der Waals surface area (Å²) in [6.45, 7) is 6.03. The lowest BCUT2D eigenvalue weighted by molar-refractivity contribution is -0.371. The number of hydrogen-bond donors (Lipinski definition) is 4. The standard InChI is InChI=1S/C8H19NO4.C7H17NO4/c1-2-3-4-9(12-7-5-10)13-8-6-11;1-2-3-8(11-6-4-9)12-7-5-10/h10-11H,2-8H2,1H3;9-10H,2-7H2,1H3. The van der Waals surface area contributed by atoms with E-state index in [1.807, 2.05) is 6.92 Å². The summed E-state index contributed by atoms with van der Waals surface area (Å²) in [5.74, 6) is 0. The van der Waals surface area contributed by atoms with E-state index >= 15 is 0 Å². The summed E-state index contributed by atoms with van der Waals surface area (Å²) in [7, 11) is 0. The lowest BCUT2D eigenvalue weighted by Gasteiger charge is -2.19. The van der Waals surface area contributed by atoms with Crippen molar-refractivity contribution in [1.82, 2.24) is 10.5 Å². The van der Waals surface area contributed by atoms with E-state index in [0.29, 0.717) is 13.1 Å². The van der Waals surface area contributed by atoms with Gasteiger partial charge in [-0.2, -0.15) is 0 Å². The third-order valence-electron chi connectivity index (χ3n) is 2.41. The van der Waals surface area contributed by atoms with Crippen molar-refractivity contribution in [3.05, 3.63) is 0 Å². The van der Waals surface area contributed by atoms with E-state index in [1.54, 1.807) is 0 Å². The molecule has 0 spiro atoms. The minimum absolute atomic E-state index is 0.0366. The second-order valence-corrected chi connectivity index (χ2v) is 4.69. The van der Waals surface area contributed by atoms with Crippen LogP contribution in [0, 0.1) is 0 Å². The molecule has 0 saturated heterocycles. The van der Waals surface area contributed by atoms with Crippen LogP contribution in [0.4, 0.5) is 0 Å². The summed E-state index contributed by atoms with van der Waals surface area (Å²) >= 11 is 0. The van der Waals surface area contributed by atoms with Gasteiger partial charge in [-0.25, -0.2) is 0 Å². The molecule has 25 heavy (non-hydrogen) atoms. The number of hydroxylamine groups is 4. The number of unbranched alkanes of at least 4 members (excludes halogenated alkanes) is 1. The van der Waals surface area contributed by atoms with E-state index in [9.17, 15) is 0 Å². The SMILES string of the molecule is CCCCN(OCCO)OCCO.CCCN(OCCO)OCCO. The van der Waals surface area contributed by atoms with Crippen molar-refractivity contribution in [2.75, 3.05) is 65.9 Å². The van der Waals surface area contributed by atoms with Gasteiger partial charge in [0.15, 0.2) is 0 Å². The third kappa shape index (κ3) is 21.6. The second-order valence-electron chi connectivity index (χ2n) is 4.69. The summed E-state index contributed by atoms with van der Waals surface area (Å²) in [5.41, 5.74) is 0. The molecule has 10 nitrogen and oxygen atoms in total. The predicted octanol–water partition coefficient (Wildman–Crippen LogP) is -0.517. The van der Waals surface area contributed by atoms with Gasteiger partial charge in [-0.15, -0.1) is 0 Å². The molecule has 0 fully saturated rings. The number of rotatable bonds is 17. The van der Waals surface area contributed by atoms with E-state index in [-0.39, 0.29) is 52.9 Å². The van der Waals surface area contributed by atoms with Crippen molar-refractivity contribution in [2.45, 2.75) is 33.1 Å². The fraction of sp³-hybridized carbons (Fsp3) is 1.00. The Morgan fingerprint density at radius 3 is 1.20 bits per heavy atom. The normalized spacial score (nSPS) is 11.0. The van der Waals surface area contributed by atoms with Crippen LogP contribution in [0.5, 0.6) is 0 Å². The highest BCUT2D eigenvalue weighted by molar-refractivity contribution is 4.35. The smallest absolute Gasteiger partial charge is 0.0942 e. The summed E-state index contributed by atoms with van der Waals surface area (Å²) in [6, 6.07) is 0. The highest BCUT2D eigenvalue weighted by Gasteiger charge is 2.04. The second kappa shape index (κ2) is 23.6. The number of aliphatic hydroxyl groups is 4. The van der Waals surface area contributed by atoms with Crippen LogP contribution >= 0.6 is 0 Å². The monoisotopic (exact) mass is 372 g/mol. The van der Waals surface area contributed by atoms with E-state index in [2.05, 4.69) is 6.92 Å². The van der Waals surface area contributed by atoms with Crippen LogP contribution in [0.3, 0.4) is 0 Å². The van der Waals surface area contributed by atoms with Gasteiger partial charge in [-0.3, -0.25) is 19.4 Å². The molecule has 0 saturated carbocycles. The fourth-order valence-corrected chi connectivity index (χ4v) is 1.37. The average molecular weight is 372 g/mol. The van der Waals surface area contributed by atoms with Crippen LogP contribution in [0.25, 0.3) is 0 Å². The Morgan fingerprint density at radius 1 is 0.560 bits per heavy atom. The molecule has 4 N–H and O–H groups in total. The Kier molecular flexibility index (Phi) is 25.3. The molecule has 154 valence electrons. The first-order valence-corrected chi connectivity index (χ1v) is 8.70. The largest absolute Gasteiger partial charge is 0.394 e. The molecule has 0 atom stereocenters. The molecular formula is C15H36N2O8. The zero-order valence-corrected chi connectivity index (χ0v) is 15.5. The minimum atomic E-state index is -0.0390. The van der Waals surface area contributed by atoms with Gasteiger partial charge in [0, 0.05) is 0 Å². The minimum Gasteiger partial charge on any atom is -0.394 e. The Balaban J connectivity index is 0. The molecule has 0 aromatic carbocycles. The predicted molar refractivity (Wildman–Crippen MR) is 90.8 cm³/mol. The quantitative estimate of drug-likeness (QED) is 0.248. The van der Waals surface area contributed by atoms with Crippen LogP contribution in [-0.2, 0) is 19.4 Å². The van der Waals surface area contributed by atoms with E-state index < -0.39 is 0 Å². The molecule has 0 aromatic rings. The first kappa shape index (κ1) is 26.8. The Bertz CT molecular complexity index is 213. The van der Waals surface area contributed by atoms with E-state index in [4.69, 9.17) is 39.8 Å². The average Bonchev–Trinajstić information content (AvgIpc) is 2.64. The molecule has 0 unspecified atom stereocenters. The lowest BCUT2D eigenvalue weighted by atomic mass is 10.3. The van der Waals surface area contributed by atoms with Crippen LogP contribution in [-0.4, -0.2) is 96.8 Å². The maximum Gasteiger partial charge on any atom is 0.0942 e. The van der Waals surface area contributed by atoms with Crippen LogP contribution < -0.4 is 0 Å². The van der Waals surface area contributed by atoms with Gasteiger partial charge < -0.3 is 20.4 Å². The molecule has 0 bridgehead atoms. The fourth-order valence-electron chi connectivity index (χ4n) is 1.37. The third-order valence-corrected chi connectivity index (χ3v) is 2.41. The zero-order chi connectivity index (χ0) is 19.2. The molecule has 0 aliphatic heterocycles. The van der Waals surface area contributed by atoms with Crippen LogP contribution in [0.1, 0.15) is 33.1 Å². The van der Waals surface area contributed by atoms with Gasteiger partial charge in [-0.05, 0) is 12.8 Å². The van der Waals surface area contributed by atoms with Crippen molar-refractivity contribution < 1.29 is 39.8 Å². The molecule has 0 rings (SSSR count). The molecule has 0 aromatic heterocycles. The van der Waals surface area contributed by atoms with Gasteiger partial charge >= 0.3 is 0 Å². The van der Waals surface area contributed by atoms with Gasteiger partial charge in [0.2, 0.25) is 0 Å². The Morgan fingerprint density at radius 2 is 0.920 bits per heavy atom. The first-order valence-electron chi connectivity index (χ1n) is 8.70. The van der Waals surface area contributed by atoms with Gasteiger partial charge in [0.05, 0.1) is 65.9 Å². The van der Waals surface area contributed by atoms with Gasteiger partial charge in [-0.1, -0.05) is 30.7 Å². The highest BCUT2D eigenvalue weighted by Crippen LogP contribution is 1.97. The lowest BCUT2D eigenvalue weighted by Crippen LogP contribution is -2.28. The Labute approximate surface area is 150 Å². The maximum atomic E-state index is 8.51. The van der Waals surface area contributed by atoms with Crippen LogP contribution in [0.15, 0.2) is 0 Å². The molecule has 0 amide bonds. The van der Waals surface area contributed by atoms with Crippen molar-refractivity contribution in [1.29, 1.82) is 0 Å². The van der Waals surface area contributed by atoms with Crippen LogP contribution in [0.2, 0.25) is 0 Å².